The molecule has 0 bridgehead atoms. The highest BCUT2D eigenvalue weighted by Gasteiger charge is 2.27. The maximum Gasteiger partial charge on any atom is 0.253 e. The quantitative estimate of drug-likeness (QED) is 0.868. The second kappa shape index (κ2) is 7.62. The number of rotatable bonds is 3. The zero-order valence-corrected chi connectivity index (χ0v) is 14.8. The van der Waals surface area contributed by atoms with Crippen molar-refractivity contribution >= 4 is 33.4 Å². The second-order valence-electron chi connectivity index (χ2n) is 5.93. The van der Waals surface area contributed by atoms with Crippen molar-refractivity contribution in [1.29, 1.82) is 0 Å². The average molecular weight is 387 g/mol. The monoisotopic (exact) mass is 386 g/mol. The van der Waals surface area contributed by atoms with Crippen LogP contribution in [-0.4, -0.2) is 29.8 Å². The number of halogens is 1. The normalized spacial score (nSPS) is 15.1. The van der Waals surface area contributed by atoms with Crippen molar-refractivity contribution in [3.63, 3.8) is 0 Å². The third kappa shape index (κ3) is 4.03. The summed E-state index contributed by atoms with van der Waals surface area (Å²) in [6.45, 7) is 1.23. The standard InChI is InChI=1S/C19H19BrN2O2/c20-16-6-8-17(9-7-16)21-18(23)14-10-12-22(13-11-14)19(24)15-4-2-1-3-5-15/h1-9,14H,10-13H2,(H,21,23). The van der Waals surface area contributed by atoms with E-state index in [1.807, 2.05) is 59.5 Å². The van der Waals surface area contributed by atoms with Crippen molar-refractivity contribution < 1.29 is 9.59 Å². The highest BCUT2D eigenvalue weighted by Crippen LogP contribution is 2.21. The van der Waals surface area contributed by atoms with Crippen LogP contribution in [0.1, 0.15) is 23.2 Å². The summed E-state index contributed by atoms with van der Waals surface area (Å²) in [5, 5.41) is 2.95. The van der Waals surface area contributed by atoms with Crippen molar-refractivity contribution in [3.05, 3.63) is 64.6 Å². The molecule has 1 fully saturated rings. The van der Waals surface area contributed by atoms with Gasteiger partial charge in [0.2, 0.25) is 5.91 Å². The van der Waals surface area contributed by atoms with Crippen LogP contribution in [0.4, 0.5) is 5.69 Å². The van der Waals surface area contributed by atoms with E-state index in [4.69, 9.17) is 0 Å². The first kappa shape index (κ1) is 16.7. The van der Waals surface area contributed by atoms with Gasteiger partial charge < -0.3 is 10.2 Å². The molecule has 1 saturated heterocycles. The lowest BCUT2D eigenvalue weighted by Crippen LogP contribution is -2.41. The highest BCUT2D eigenvalue weighted by atomic mass is 79.9. The Balaban J connectivity index is 1.54. The second-order valence-corrected chi connectivity index (χ2v) is 6.84. The number of hydrogen-bond acceptors (Lipinski definition) is 2. The van der Waals surface area contributed by atoms with Crippen LogP contribution < -0.4 is 5.32 Å². The number of hydrogen-bond donors (Lipinski definition) is 1. The van der Waals surface area contributed by atoms with E-state index in [1.54, 1.807) is 0 Å². The van der Waals surface area contributed by atoms with Crippen molar-refractivity contribution in [2.75, 3.05) is 18.4 Å². The fourth-order valence-electron chi connectivity index (χ4n) is 2.89. The van der Waals surface area contributed by atoms with Crippen molar-refractivity contribution in [2.24, 2.45) is 5.92 Å². The van der Waals surface area contributed by atoms with Gasteiger partial charge in [0.15, 0.2) is 0 Å². The zero-order valence-electron chi connectivity index (χ0n) is 13.2. The van der Waals surface area contributed by atoms with E-state index in [-0.39, 0.29) is 17.7 Å². The van der Waals surface area contributed by atoms with Gasteiger partial charge in [0.1, 0.15) is 0 Å². The van der Waals surface area contributed by atoms with E-state index < -0.39 is 0 Å². The molecule has 2 amide bonds. The number of nitrogens with zero attached hydrogens (tertiary/aromatic N) is 1. The summed E-state index contributed by atoms with van der Waals surface area (Å²) < 4.78 is 0.980. The first-order chi connectivity index (χ1) is 11.6. The summed E-state index contributed by atoms with van der Waals surface area (Å²) >= 11 is 3.38. The minimum atomic E-state index is -0.0477. The first-order valence-corrected chi connectivity index (χ1v) is 8.83. The number of carbonyl (C=O) groups is 2. The summed E-state index contributed by atoms with van der Waals surface area (Å²) in [7, 11) is 0. The predicted octanol–water partition coefficient (Wildman–Crippen LogP) is 3.94. The molecule has 0 atom stereocenters. The SMILES string of the molecule is O=C(Nc1ccc(Br)cc1)C1CCN(C(=O)c2ccccc2)CC1. The molecule has 0 radical (unpaired) electrons. The van der Waals surface area contributed by atoms with E-state index in [2.05, 4.69) is 21.2 Å². The van der Waals surface area contributed by atoms with E-state index in [0.29, 0.717) is 31.5 Å². The molecule has 5 heteroatoms. The average Bonchev–Trinajstić information content (AvgIpc) is 2.64. The molecule has 0 aromatic heterocycles. The Hall–Kier alpha value is -2.14. The number of piperidine rings is 1. The minimum Gasteiger partial charge on any atom is -0.339 e. The summed E-state index contributed by atoms with van der Waals surface area (Å²) in [4.78, 5) is 26.6. The molecular formula is C19H19BrN2O2. The van der Waals surface area contributed by atoms with Gasteiger partial charge in [0, 0.05) is 34.7 Å². The van der Waals surface area contributed by atoms with Crippen molar-refractivity contribution in [2.45, 2.75) is 12.8 Å². The van der Waals surface area contributed by atoms with Crippen LogP contribution in [0.3, 0.4) is 0 Å². The minimum absolute atomic E-state index is 0.0316. The Kier molecular flexibility index (Phi) is 5.30. The third-order valence-corrected chi connectivity index (χ3v) is 4.81. The topological polar surface area (TPSA) is 49.4 Å². The van der Waals surface area contributed by atoms with Gasteiger partial charge in [0.25, 0.3) is 5.91 Å². The number of nitrogens with one attached hydrogen (secondary N) is 1. The van der Waals surface area contributed by atoms with Crippen LogP contribution in [0.5, 0.6) is 0 Å². The van der Waals surface area contributed by atoms with Crippen LogP contribution in [-0.2, 0) is 4.79 Å². The fourth-order valence-corrected chi connectivity index (χ4v) is 3.15. The van der Waals surface area contributed by atoms with E-state index in [0.717, 1.165) is 10.2 Å². The molecule has 1 aliphatic rings. The molecule has 0 unspecified atom stereocenters. The lowest BCUT2D eigenvalue weighted by atomic mass is 9.95. The Morgan fingerprint density at radius 2 is 1.58 bits per heavy atom. The molecule has 2 aromatic carbocycles. The van der Waals surface area contributed by atoms with Gasteiger partial charge in [-0.05, 0) is 49.2 Å². The Morgan fingerprint density at radius 3 is 2.21 bits per heavy atom. The molecule has 124 valence electrons. The van der Waals surface area contributed by atoms with Gasteiger partial charge in [-0.2, -0.15) is 0 Å². The highest BCUT2D eigenvalue weighted by molar-refractivity contribution is 9.10. The number of carbonyl (C=O) groups excluding carboxylic acids is 2. The molecular weight excluding hydrogens is 368 g/mol. The van der Waals surface area contributed by atoms with Crippen LogP contribution >= 0.6 is 15.9 Å². The summed E-state index contributed by atoms with van der Waals surface area (Å²) in [5.74, 6) is 0.0278. The van der Waals surface area contributed by atoms with Gasteiger partial charge in [0.05, 0.1) is 0 Å². The van der Waals surface area contributed by atoms with Crippen LogP contribution in [0.2, 0.25) is 0 Å². The summed E-state index contributed by atoms with van der Waals surface area (Å²) in [6, 6.07) is 16.8. The van der Waals surface area contributed by atoms with Gasteiger partial charge >= 0.3 is 0 Å². The van der Waals surface area contributed by atoms with Crippen molar-refractivity contribution in [3.8, 4) is 0 Å². The summed E-state index contributed by atoms with van der Waals surface area (Å²) in [6.07, 6.45) is 1.39. The van der Waals surface area contributed by atoms with Crippen LogP contribution in [0.25, 0.3) is 0 Å². The van der Waals surface area contributed by atoms with E-state index in [1.165, 1.54) is 0 Å². The molecule has 0 spiro atoms. The molecule has 1 aliphatic heterocycles. The lowest BCUT2D eigenvalue weighted by Gasteiger charge is -2.31. The molecule has 2 aromatic rings. The molecule has 1 heterocycles. The Labute approximate surface area is 150 Å². The fraction of sp³-hybridized carbons (Fsp3) is 0.263. The number of anilines is 1. The molecule has 3 rings (SSSR count). The molecule has 0 saturated carbocycles. The van der Waals surface area contributed by atoms with Crippen LogP contribution in [0.15, 0.2) is 59.1 Å². The number of amides is 2. The van der Waals surface area contributed by atoms with E-state index >= 15 is 0 Å². The first-order valence-electron chi connectivity index (χ1n) is 8.04. The molecule has 24 heavy (non-hydrogen) atoms. The molecule has 1 N–H and O–H groups in total. The van der Waals surface area contributed by atoms with Gasteiger partial charge in [-0.3, -0.25) is 9.59 Å². The van der Waals surface area contributed by atoms with Crippen LogP contribution in [0, 0.1) is 5.92 Å². The maximum absolute atomic E-state index is 12.4. The van der Waals surface area contributed by atoms with Gasteiger partial charge in [-0.25, -0.2) is 0 Å². The Morgan fingerprint density at radius 1 is 0.958 bits per heavy atom. The van der Waals surface area contributed by atoms with Gasteiger partial charge in [-0.1, -0.05) is 34.1 Å². The number of likely N-dealkylation sites (tertiary alicyclic amines) is 1. The maximum atomic E-state index is 12.4. The smallest absolute Gasteiger partial charge is 0.253 e. The molecule has 0 aliphatic carbocycles. The lowest BCUT2D eigenvalue weighted by molar-refractivity contribution is -0.121. The van der Waals surface area contributed by atoms with E-state index in [9.17, 15) is 9.59 Å². The number of benzene rings is 2. The predicted molar refractivity (Wildman–Crippen MR) is 97.8 cm³/mol. The third-order valence-electron chi connectivity index (χ3n) is 4.29. The zero-order chi connectivity index (χ0) is 16.9. The summed E-state index contributed by atoms with van der Waals surface area (Å²) in [5.41, 5.74) is 1.50. The largest absolute Gasteiger partial charge is 0.339 e. The van der Waals surface area contributed by atoms with Crippen molar-refractivity contribution in [1.82, 2.24) is 4.90 Å². The molecule has 4 nitrogen and oxygen atoms in total. The Bertz CT molecular complexity index is 708. The van der Waals surface area contributed by atoms with Gasteiger partial charge in [-0.15, -0.1) is 0 Å².